The van der Waals surface area contributed by atoms with Crippen LogP contribution in [0.25, 0.3) is 22.3 Å². The van der Waals surface area contributed by atoms with Gasteiger partial charge in [-0.05, 0) is 40.8 Å². The molecule has 0 aliphatic rings. The average Bonchev–Trinajstić information content (AvgIpc) is 2.76. The van der Waals surface area contributed by atoms with E-state index in [1.807, 2.05) is 24.3 Å². The highest BCUT2D eigenvalue weighted by molar-refractivity contribution is 5.90. The van der Waals surface area contributed by atoms with Crippen molar-refractivity contribution in [3.63, 3.8) is 0 Å². The number of anilines is 1. The molecule has 0 atom stereocenters. The minimum atomic E-state index is -4.38. The monoisotopic (exact) mass is 435 g/mol. The van der Waals surface area contributed by atoms with Gasteiger partial charge in [0, 0.05) is 17.5 Å². The van der Waals surface area contributed by atoms with Gasteiger partial charge in [-0.3, -0.25) is 0 Å². The van der Waals surface area contributed by atoms with Gasteiger partial charge in [-0.25, -0.2) is 9.97 Å². The first-order valence-electron chi connectivity index (χ1n) is 10.4. The maximum absolute atomic E-state index is 12.9. The summed E-state index contributed by atoms with van der Waals surface area (Å²) in [7, 11) is 0. The molecule has 164 valence electrons. The van der Waals surface area contributed by atoms with Crippen molar-refractivity contribution in [3.05, 3.63) is 89.5 Å². The number of rotatable bonds is 4. The maximum Gasteiger partial charge on any atom is 0.416 e. The van der Waals surface area contributed by atoms with Crippen molar-refractivity contribution in [3.8, 4) is 11.4 Å². The SMILES string of the molecule is CC(C)(C)c1ccc(CNc2nc(-c3ccc(C(F)(F)F)cc3)nc3ccccc23)cc1. The second kappa shape index (κ2) is 8.26. The Kier molecular flexibility index (Phi) is 5.63. The van der Waals surface area contributed by atoms with Crippen molar-refractivity contribution in [2.45, 2.75) is 38.9 Å². The van der Waals surface area contributed by atoms with Crippen LogP contribution in [0, 0.1) is 0 Å². The lowest BCUT2D eigenvalue weighted by molar-refractivity contribution is -0.137. The first-order chi connectivity index (χ1) is 15.1. The molecule has 1 aromatic heterocycles. The Hall–Kier alpha value is -3.41. The number of para-hydroxylation sites is 1. The van der Waals surface area contributed by atoms with E-state index in [9.17, 15) is 13.2 Å². The summed E-state index contributed by atoms with van der Waals surface area (Å²) in [5.41, 5.74) is 3.02. The fourth-order valence-corrected chi connectivity index (χ4v) is 3.46. The predicted octanol–water partition coefficient (Wildman–Crippen LogP) is 7.23. The second-order valence-electron chi connectivity index (χ2n) is 8.79. The molecule has 0 amide bonds. The zero-order valence-electron chi connectivity index (χ0n) is 18.2. The smallest absolute Gasteiger partial charge is 0.365 e. The van der Waals surface area contributed by atoms with Gasteiger partial charge in [0.1, 0.15) is 5.82 Å². The molecule has 1 N–H and O–H groups in total. The lowest BCUT2D eigenvalue weighted by atomic mass is 9.87. The van der Waals surface area contributed by atoms with Crippen molar-refractivity contribution in [1.29, 1.82) is 0 Å². The van der Waals surface area contributed by atoms with Gasteiger partial charge in [0.25, 0.3) is 0 Å². The van der Waals surface area contributed by atoms with E-state index in [4.69, 9.17) is 0 Å². The van der Waals surface area contributed by atoms with Crippen LogP contribution in [0.5, 0.6) is 0 Å². The lowest BCUT2D eigenvalue weighted by Crippen LogP contribution is -2.11. The van der Waals surface area contributed by atoms with Gasteiger partial charge < -0.3 is 5.32 Å². The van der Waals surface area contributed by atoms with Gasteiger partial charge in [-0.1, -0.05) is 69.3 Å². The van der Waals surface area contributed by atoms with Crippen molar-refractivity contribution in [2.75, 3.05) is 5.32 Å². The molecule has 32 heavy (non-hydrogen) atoms. The summed E-state index contributed by atoms with van der Waals surface area (Å²) in [5, 5.41) is 4.23. The Labute approximate surface area is 185 Å². The average molecular weight is 435 g/mol. The van der Waals surface area contributed by atoms with Crippen LogP contribution in [-0.2, 0) is 18.1 Å². The molecule has 0 saturated heterocycles. The highest BCUT2D eigenvalue weighted by Gasteiger charge is 2.30. The van der Waals surface area contributed by atoms with E-state index in [1.54, 1.807) is 0 Å². The fourth-order valence-electron chi connectivity index (χ4n) is 3.46. The Bertz CT molecular complexity index is 1220. The van der Waals surface area contributed by atoms with E-state index in [0.717, 1.165) is 28.6 Å². The summed E-state index contributed by atoms with van der Waals surface area (Å²) in [6, 6.07) is 20.9. The Morgan fingerprint density at radius 2 is 1.38 bits per heavy atom. The Morgan fingerprint density at radius 3 is 2.00 bits per heavy atom. The quantitative estimate of drug-likeness (QED) is 0.368. The number of nitrogens with one attached hydrogen (secondary N) is 1. The molecule has 0 radical (unpaired) electrons. The van der Waals surface area contributed by atoms with E-state index >= 15 is 0 Å². The number of hydrogen-bond donors (Lipinski definition) is 1. The highest BCUT2D eigenvalue weighted by Crippen LogP contribution is 2.31. The minimum Gasteiger partial charge on any atom is -0.365 e. The van der Waals surface area contributed by atoms with Crippen molar-refractivity contribution in [1.82, 2.24) is 9.97 Å². The van der Waals surface area contributed by atoms with E-state index in [-0.39, 0.29) is 5.41 Å². The topological polar surface area (TPSA) is 37.8 Å². The number of halogens is 3. The molecule has 3 aromatic carbocycles. The molecule has 0 aliphatic carbocycles. The van der Waals surface area contributed by atoms with E-state index < -0.39 is 11.7 Å². The number of hydrogen-bond acceptors (Lipinski definition) is 3. The minimum absolute atomic E-state index is 0.0887. The molecule has 1 heterocycles. The molecule has 3 nitrogen and oxygen atoms in total. The van der Waals surface area contributed by atoms with Crippen LogP contribution < -0.4 is 5.32 Å². The number of aromatic nitrogens is 2. The number of nitrogens with zero attached hydrogens (tertiary/aromatic N) is 2. The van der Waals surface area contributed by atoms with Crippen LogP contribution in [0.15, 0.2) is 72.8 Å². The molecule has 0 aliphatic heterocycles. The molecule has 4 rings (SSSR count). The summed E-state index contributed by atoms with van der Waals surface area (Å²) in [6.07, 6.45) is -4.38. The third kappa shape index (κ3) is 4.74. The van der Waals surface area contributed by atoms with Crippen LogP contribution in [0.3, 0.4) is 0 Å². The maximum atomic E-state index is 12.9. The van der Waals surface area contributed by atoms with Crippen LogP contribution in [0.4, 0.5) is 19.0 Å². The molecule has 0 saturated carbocycles. The molecule has 0 fully saturated rings. The number of alkyl halides is 3. The van der Waals surface area contributed by atoms with Crippen LogP contribution >= 0.6 is 0 Å². The second-order valence-corrected chi connectivity index (χ2v) is 8.79. The van der Waals surface area contributed by atoms with Crippen LogP contribution in [0.2, 0.25) is 0 Å². The summed E-state index contributed by atoms with van der Waals surface area (Å²) in [4.78, 5) is 9.19. The summed E-state index contributed by atoms with van der Waals surface area (Å²) in [6.45, 7) is 7.10. The Morgan fingerprint density at radius 1 is 0.750 bits per heavy atom. The normalized spacial score (nSPS) is 12.2. The Balaban J connectivity index is 1.64. The third-order valence-electron chi connectivity index (χ3n) is 5.35. The summed E-state index contributed by atoms with van der Waals surface area (Å²) in [5.74, 6) is 1.02. The highest BCUT2D eigenvalue weighted by atomic mass is 19.4. The molecule has 0 unspecified atom stereocenters. The van der Waals surface area contributed by atoms with Crippen molar-refractivity contribution >= 4 is 16.7 Å². The molecular weight excluding hydrogens is 411 g/mol. The van der Waals surface area contributed by atoms with E-state index in [2.05, 4.69) is 60.3 Å². The first-order valence-corrected chi connectivity index (χ1v) is 10.4. The van der Waals surface area contributed by atoms with Crippen molar-refractivity contribution < 1.29 is 13.2 Å². The standard InChI is InChI=1S/C26H24F3N3/c1-25(2,3)19-12-8-17(9-13-19)16-30-24-21-6-4-5-7-22(21)31-23(32-24)18-10-14-20(15-11-18)26(27,28)29/h4-15H,16H2,1-3H3,(H,30,31,32). The molecule has 6 heteroatoms. The fraction of sp³-hybridized carbons (Fsp3) is 0.231. The zero-order chi connectivity index (χ0) is 22.9. The number of benzene rings is 3. The summed E-state index contributed by atoms with van der Waals surface area (Å²) >= 11 is 0. The van der Waals surface area contributed by atoms with Gasteiger partial charge in [0.2, 0.25) is 0 Å². The van der Waals surface area contributed by atoms with Crippen molar-refractivity contribution in [2.24, 2.45) is 0 Å². The van der Waals surface area contributed by atoms with E-state index in [0.29, 0.717) is 23.8 Å². The van der Waals surface area contributed by atoms with Crippen LogP contribution in [0.1, 0.15) is 37.5 Å². The van der Waals surface area contributed by atoms with Gasteiger partial charge in [0.15, 0.2) is 5.82 Å². The van der Waals surface area contributed by atoms with Gasteiger partial charge in [-0.2, -0.15) is 13.2 Å². The first kappa shape index (κ1) is 21.8. The lowest BCUT2D eigenvalue weighted by Gasteiger charge is -2.19. The van der Waals surface area contributed by atoms with E-state index in [1.165, 1.54) is 17.7 Å². The molecule has 0 spiro atoms. The molecule has 4 aromatic rings. The summed E-state index contributed by atoms with van der Waals surface area (Å²) < 4.78 is 38.7. The number of fused-ring (bicyclic) bond motifs is 1. The third-order valence-corrected chi connectivity index (χ3v) is 5.35. The van der Waals surface area contributed by atoms with Gasteiger partial charge in [0.05, 0.1) is 11.1 Å². The molecular formula is C26H24F3N3. The van der Waals surface area contributed by atoms with Gasteiger partial charge in [-0.15, -0.1) is 0 Å². The largest absolute Gasteiger partial charge is 0.416 e. The predicted molar refractivity (Wildman–Crippen MR) is 122 cm³/mol. The van der Waals surface area contributed by atoms with Gasteiger partial charge >= 0.3 is 6.18 Å². The molecule has 0 bridgehead atoms. The zero-order valence-corrected chi connectivity index (χ0v) is 18.2. The van der Waals surface area contributed by atoms with Crippen LogP contribution in [-0.4, -0.2) is 9.97 Å².